The van der Waals surface area contributed by atoms with Gasteiger partial charge in [-0.15, -0.1) is 0 Å². The molecule has 4 heteroatoms. The van der Waals surface area contributed by atoms with E-state index in [1.54, 1.807) is 10.7 Å². The van der Waals surface area contributed by atoms with Crippen molar-refractivity contribution in [2.24, 2.45) is 0 Å². The molecule has 0 atom stereocenters. The van der Waals surface area contributed by atoms with Gasteiger partial charge >= 0.3 is 0 Å². The largest absolute Gasteiger partial charge is 0.384 e. The van der Waals surface area contributed by atoms with E-state index in [4.69, 9.17) is 5.73 Å². The lowest BCUT2D eigenvalue weighted by Crippen LogP contribution is -2.16. The number of nitrogen functional groups attached to an aromatic ring is 1. The smallest absolute Gasteiger partial charge is 0.127 e. The Hall–Kier alpha value is -1.84. The normalized spacial score (nSPS) is 11.8. The van der Waals surface area contributed by atoms with Gasteiger partial charge in [-0.3, -0.25) is 0 Å². The molecule has 1 aromatic heterocycles. The summed E-state index contributed by atoms with van der Waals surface area (Å²) in [5.41, 5.74) is 8.54. The summed E-state index contributed by atoms with van der Waals surface area (Å²) in [5.74, 6) is 0.247. The van der Waals surface area contributed by atoms with Crippen LogP contribution in [0.4, 0.5) is 10.2 Å². The maximum Gasteiger partial charge on any atom is 0.127 e. The zero-order chi connectivity index (χ0) is 14.2. The molecule has 19 heavy (non-hydrogen) atoms. The summed E-state index contributed by atoms with van der Waals surface area (Å²) >= 11 is 0. The molecule has 102 valence electrons. The summed E-state index contributed by atoms with van der Waals surface area (Å²) in [7, 11) is 0. The van der Waals surface area contributed by atoms with E-state index in [2.05, 4.69) is 25.9 Å². The Balaban J connectivity index is 2.55. The second-order valence-corrected chi connectivity index (χ2v) is 5.53. The predicted octanol–water partition coefficient (Wildman–Crippen LogP) is 3.59. The molecular formula is C15H20FN3. The Labute approximate surface area is 113 Å². The van der Waals surface area contributed by atoms with Crippen LogP contribution in [0.15, 0.2) is 24.3 Å². The number of hydrogen-bond donors (Lipinski definition) is 1. The number of hydrogen-bond acceptors (Lipinski definition) is 2. The van der Waals surface area contributed by atoms with E-state index in [0.29, 0.717) is 11.5 Å². The first-order valence-electron chi connectivity index (χ1n) is 6.47. The Morgan fingerprint density at radius 1 is 1.32 bits per heavy atom. The van der Waals surface area contributed by atoms with E-state index in [1.807, 2.05) is 13.0 Å². The van der Waals surface area contributed by atoms with Crippen molar-refractivity contribution in [1.29, 1.82) is 0 Å². The maximum absolute atomic E-state index is 13.4. The van der Waals surface area contributed by atoms with Gasteiger partial charge in [0.15, 0.2) is 0 Å². The summed E-state index contributed by atoms with van der Waals surface area (Å²) < 4.78 is 15.0. The highest BCUT2D eigenvalue weighted by Crippen LogP contribution is 2.28. The van der Waals surface area contributed by atoms with Crippen LogP contribution in [0.5, 0.6) is 0 Å². The van der Waals surface area contributed by atoms with Crippen molar-refractivity contribution in [2.75, 3.05) is 5.73 Å². The van der Waals surface area contributed by atoms with E-state index in [9.17, 15) is 4.39 Å². The number of anilines is 1. The number of benzene rings is 1. The Kier molecular flexibility index (Phi) is 3.35. The molecule has 0 saturated carbocycles. The minimum absolute atomic E-state index is 0.0411. The quantitative estimate of drug-likeness (QED) is 0.917. The minimum Gasteiger partial charge on any atom is -0.384 e. The first kappa shape index (κ1) is 13.6. The second kappa shape index (κ2) is 4.68. The lowest BCUT2D eigenvalue weighted by Gasteiger charge is -2.19. The maximum atomic E-state index is 13.4. The third-order valence-corrected chi connectivity index (χ3v) is 3.71. The van der Waals surface area contributed by atoms with Gasteiger partial charge in [-0.2, -0.15) is 5.10 Å². The van der Waals surface area contributed by atoms with Crippen LogP contribution in [0.2, 0.25) is 0 Å². The molecule has 0 spiro atoms. The van der Waals surface area contributed by atoms with Crippen LogP contribution < -0.4 is 5.73 Å². The average molecular weight is 261 g/mol. The molecule has 3 nitrogen and oxygen atoms in total. The lowest BCUT2D eigenvalue weighted by molar-refractivity contribution is 0.485. The first-order valence-corrected chi connectivity index (χ1v) is 6.47. The molecule has 0 fully saturated rings. The predicted molar refractivity (Wildman–Crippen MR) is 76.0 cm³/mol. The first-order chi connectivity index (χ1) is 8.85. The summed E-state index contributed by atoms with van der Waals surface area (Å²) in [6.07, 6.45) is 0.964. The van der Waals surface area contributed by atoms with Crippen molar-refractivity contribution in [3.05, 3.63) is 41.3 Å². The molecule has 0 radical (unpaired) electrons. The SMILES string of the molecule is CCC(C)(C)c1cc(N)n(-c2cc(F)ccc2C)n1. The highest BCUT2D eigenvalue weighted by atomic mass is 19.1. The second-order valence-electron chi connectivity index (χ2n) is 5.53. The fraction of sp³-hybridized carbons (Fsp3) is 0.400. The third-order valence-electron chi connectivity index (χ3n) is 3.71. The Bertz CT molecular complexity index is 599. The van der Waals surface area contributed by atoms with Crippen molar-refractivity contribution < 1.29 is 4.39 Å². The molecule has 0 amide bonds. The fourth-order valence-electron chi connectivity index (χ4n) is 1.91. The molecular weight excluding hydrogens is 241 g/mol. The van der Waals surface area contributed by atoms with Crippen LogP contribution in [-0.4, -0.2) is 9.78 Å². The van der Waals surface area contributed by atoms with Crippen molar-refractivity contribution in [3.8, 4) is 5.69 Å². The highest BCUT2D eigenvalue weighted by Gasteiger charge is 2.23. The van der Waals surface area contributed by atoms with Crippen molar-refractivity contribution in [2.45, 2.75) is 39.5 Å². The van der Waals surface area contributed by atoms with E-state index >= 15 is 0 Å². The van der Waals surface area contributed by atoms with Gasteiger partial charge in [-0.05, 0) is 31.0 Å². The van der Waals surface area contributed by atoms with Crippen molar-refractivity contribution in [3.63, 3.8) is 0 Å². The third kappa shape index (κ3) is 2.48. The molecule has 2 aromatic rings. The van der Waals surface area contributed by atoms with Gasteiger partial charge in [-0.1, -0.05) is 26.8 Å². The van der Waals surface area contributed by atoms with Gasteiger partial charge in [0, 0.05) is 11.5 Å². The summed E-state index contributed by atoms with van der Waals surface area (Å²) in [5, 5.41) is 4.55. The van der Waals surface area contributed by atoms with Crippen LogP contribution in [0, 0.1) is 12.7 Å². The van der Waals surface area contributed by atoms with Crippen LogP contribution >= 0.6 is 0 Å². The fourth-order valence-corrected chi connectivity index (χ4v) is 1.91. The van der Waals surface area contributed by atoms with E-state index in [-0.39, 0.29) is 11.2 Å². The van der Waals surface area contributed by atoms with Gasteiger partial charge in [0.1, 0.15) is 11.6 Å². The van der Waals surface area contributed by atoms with E-state index in [1.165, 1.54) is 12.1 Å². The Morgan fingerprint density at radius 2 is 2.00 bits per heavy atom. The molecule has 0 aliphatic heterocycles. The average Bonchev–Trinajstić information content (AvgIpc) is 2.75. The van der Waals surface area contributed by atoms with E-state index < -0.39 is 0 Å². The van der Waals surface area contributed by atoms with Crippen LogP contribution in [0.1, 0.15) is 38.4 Å². The standard InChI is InChI=1S/C15H20FN3/c1-5-15(3,4)13-9-14(17)19(18-13)12-8-11(16)7-6-10(12)2/h6-9H,5,17H2,1-4H3. The number of nitrogens with zero attached hydrogens (tertiary/aromatic N) is 2. The molecule has 0 aliphatic rings. The monoisotopic (exact) mass is 261 g/mol. The molecule has 0 aliphatic carbocycles. The topological polar surface area (TPSA) is 43.8 Å². The van der Waals surface area contributed by atoms with Crippen LogP contribution in [-0.2, 0) is 5.41 Å². The molecule has 1 aromatic carbocycles. The lowest BCUT2D eigenvalue weighted by atomic mass is 9.87. The molecule has 2 N–H and O–H groups in total. The molecule has 0 bridgehead atoms. The van der Waals surface area contributed by atoms with Gasteiger partial charge in [-0.25, -0.2) is 9.07 Å². The van der Waals surface area contributed by atoms with Gasteiger partial charge in [0.05, 0.1) is 11.4 Å². The van der Waals surface area contributed by atoms with Crippen molar-refractivity contribution >= 4 is 5.82 Å². The van der Waals surface area contributed by atoms with Gasteiger partial charge < -0.3 is 5.73 Å². The summed E-state index contributed by atoms with van der Waals surface area (Å²) in [4.78, 5) is 0. The summed E-state index contributed by atoms with van der Waals surface area (Å²) in [6.45, 7) is 8.28. The highest BCUT2D eigenvalue weighted by molar-refractivity contribution is 5.48. The molecule has 0 saturated heterocycles. The van der Waals surface area contributed by atoms with Crippen LogP contribution in [0.25, 0.3) is 5.69 Å². The molecule has 1 heterocycles. The van der Waals surface area contributed by atoms with Crippen molar-refractivity contribution in [1.82, 2.24) is 9.78 Å². The van der Waals surface area contributed by atoms with Gasteiger partial charge in [0.25, 0.3) is 0 Å². The molecule has 0 unspecified atom stereocenters. The summed E-state index contributed by atoms with van der Waals surface area (Å²) in [6, 6.07) is 6.50. The van der Waals surface area contributed by atoms with Gasteiger partial charge in [0.2, 0.25) is 0 Å². The zero-order valence-electron chi connectivity index (χ0n) is 11.9. The number of halogens is 1. The Morgan fingerprint density at radius 3 is 2.63 bits per heavy atom. The number of rotatable bonds is 3. The number of nitrogens with two attached hydrogens (primary N) is 1. The van der Waals surface area contributed by atoms with E-state index in [0.717, 1.165) is 17.7 Å². The number of aryl methyl sites for hydroxylation is 1. The van der Waals surface area contributed by atoms with Crippen LogP contribution in [0.3, 0.4) is 0 Å². The number of aromatic nitrogens is 2. The molecule has 2 rings (SSSR count). The zero-order valence-corrected chi connectivity index (χ0v) is 11.9. The minimum atomic E-state index is -0.285.